The van der Waals surface area contributed by atoms with Gasteiger partial charge in [0, 0.05) is 12.5 Å². The normalized spacial score (nSPS) is 39.5. The van der Waals surface area contributed by atoms with Gasteiger partial charge in [0.05, 0.1) is 4.58 Å². The van der Waals surface area contributed by atoms with Crippen LogP contribution >= 0.6 is 23.5 Å². The fourth-order valence-electron chi connectivity index (χ4n) is 3.56. The largest absolute Gasteiger partial charge is 0.353 e. The molecule has 0 aromatic heterocycles. The van der Waals surface area contributed by atoms with Crippen LogP contribution in [0.3, 0.4) is 0 Å². The topological polar surface area (TPSA) is 29.1 Å². The van der Waals surface area contributed by atoms with Gasteiger partial charge in [-0.3, -0.25) is 4.79 Å². The molecule has 4 heteroatoms. The predicted molar refractivity (Wildman–Crippen MR) is 75.3 cm³/mol. The zero-order valence-corrected chi connectivity index (χ0v) is 11.8. The van der Waals surface area contributed by atoms with Gasteiger partial charge >= 0.3 is 0 Å². The average molecular weight is 271 g/mol. The average Bonchev–Trinajstić information content (AvgIpc) is 2.39. The zero-order chi connectivity index (χ0) is 11.7. The molecule has 1 N–H and O–H groups in total. The van der Waals surface area contributed by atoms with Crippen LogP contribution in [-0.4, -0.2) is 28.0 Å². The van der Waals surface area contributed by atoms with Gasteiger partial charge in [-0.25, -0.2) is 0 Å². The van der Waals surface area contributed by atoms with E-state index in [4.69, 9.17) is 0 Å². The summed E-state index contributed by atoms with van der Waals surface area (Å²) in [6.07, 6.45) is 7.20. The van der Waals surface area contributed by atoms with E-state index in [2.05, 4.69) is 28.8 Å². The van der Waals surface area contributed by atoms with Gasteiger partial charge in [0.15, 0.2) is 0 Å². The maximum Gasteiger partial charge on any atom is 0.220 e. The molecule has 0 unspecified atom stereocenters. The van der Waals surface area contributed by atoms with E-state index in [9.17, 15) is 4.79 Å². The van der Waals surface area contributed by atoms with Crippen molar-refractivity contribution >= 4 is 29.4 Å². The van der Waals surface area contributed by atoms with E-state index in [0.717, 1.165) is 29.3 Å². The summed E-state index contributed by atoms with van der Waals surface area (Å²) in [4.78, 5) is 11.5. The van der Waals surface area contributed by atoms with E-state index in [1.807, 2.05) is 0 Å². The van der Waals surface area contributed by atoms with E-state index in [1.165, 1.54) is 37.2 Å². The highest BCUT2D eigenvalue weighted by Crippen LogP contribution is 2.46. The molecule has 3 fully saturated rings. The van der Waals surface area contributed by atoms with E-state index in [1.54, 1.807) is 0 Å². The molecular formula is C13H21NOS2. The second kappa shape index (κ2) is 5.43. The fraction of sp³-hybridized carbons (Fsp3) is 0.923. The summed E-state index contributed by atoms with van der Waals surface area (Å²) in [5.41, 5.74) is 0. The number of fused-ring (bicyclic) bond motifs is 1. The highest BCUT2D eigenvalue weighted by molar-refractivity contribution is 8.17. The van der Waals surface area contributed by atoms with Crippen molar-refractivity contribution in [1.82, 2.24) is 5.32 Å². The lowest BCUT2D eigenvalue weighted by atomic mass is 9.72. The van der Waals surface area contributed by atoms with E-state index in [-0.39, 0.29) is 5.91 Å². The van der Waals surface area contributed by atoms with Gasteiger partial charge in [-0.2, -0.15) is 0 Å². The molecule has 3 aliphatic rings. The predicted octanol–water partition coefficient (Wildman–Crippen LogP) is 2.88. The molecule has 96 valence electrons. The second-order valence-corrected chi connectivity index (χ2v) is 8.23. The minimum Gasteiger partial charge on any atom is -0.353 e. The molecule has 0 aromatic carbocycles. The van der Waals surface area contributed by atoms with Crippen molar-refractivity contribution in [2.24, 2.45) is 11.8 Å². The van der Waals surface area contributed by atoms with Crippen LogP contribution in [0.25, 0.3) is 0 Å². The lowest BCUT2D eigenvalue weighted by molar-refractivity contribution is -0.125. The Balaban J connectivity index is 1.68. The molecule has 1 amide bonds. The van der Waals surface area contributed by atoms with Crippen molar-refractivity contribution in [3.63, 3.8) is 0 Å². The highest BCUT2D eigenvalue weighted by atomic mass is 32.2. The van der Waals surface area contributed by atoms with E-state index >= 15 is 0 Å². The molecule has 1 saturated carbocycles. The van der Waals surface area contributed by atoms with Crippen molar-refractivity contribution in [3.8, 4) is 0 Å². The van der Waals surface area contributed by atoms with Crippen molar-refractivity contribution in [3.05, 3.63) is 0 Å². The number of nitrogens with one attached hydrogen (secondary N) is 1. The van der Waals surface area contributed by atoms with Crippen LogP contribution in [0.4, 0.5) is 0 Å². The summed E-state index contributed by atoms with van der Waals surface area (Å²) in [5, 5.41) is 3.23. The molecule has 2 nitrogen and oxygen atoms in total. The summed E-state index contributed by atoms with van der Waals surface area (Å²) < 4.78 is 0.812. The second-order valence-electron chi connectivity index (χ2n) is 5.43. The number of thioether (sulfide) groups is 2. The minimum absolute atomic E-state index is 0.288. The third-order valence-electron chi connectivity index (χ3n) is 4.37. The smallest absolute Gasteiger partial charge is 0.220 e. The minimum atomic E-state index is 0.288. The third kappa shape index (κ3) is 2.62. The molecule has 2 aliphatic heterocycles. The number of hydrogen-bond acceptors (Lipinski definition) is 3. The first-order valence-corrected chi connectivity index (χ1v) is 8.97. The van der Waals surface area contributed by atoms with Crippen molar-refractivity contribution in [2.45, 2.75) is 49.1 Å². The maximum absolute atomic E-state index is 11.5. The zero-order valence-electron chi connectivity index (χ0n) is 10.2. The van der Waals surface area contributed by atoms with Crippen LogP contribution < -0.4 is 5.32 Å². The number of rotatable bonds is 1. The molecule has 17 heavy (non-hydrogen) atoms. The number of amides is 1. The van der Waals surface area contributed by atoms with Crippen molar-refractivity contribution < 1.29 is 4.79 Å². The van der Waals surface area contributed by atoms with Gasteiger partial charge in [0.2, 0.25) is 5.91 Å². The quantitative estimate of drug-likeness (QED) is 0.795. The molecule has 0 aromatic rings. The van der Waals surface area contributed by atoms with Crippen molar-refractivity contribution in [2.75, 3.05) is 11.5 Å². The van der Waals surface area contributed by atoms with Gasteiger partial charge in [-0.15, -0.1) is 23.5 Å². The number of carbonyl (C=O) groups excluding carboxylic acids is 1. The van der Waals surface area contributed by atoms with Gasteiger partial charge < -0.3 is 5.32 Å². The maximum atomic E-state index is 11.5. The Morgan fingerprint density at radius 1 is 1.00 bits per heavy atom. The van der Waals surface area contributed by atoms with Crippen LogP contribution in [-0.2, 0) is 4.79 Å². The Bertz CT molecular complexity index is 291. The Labute approximate surface area is 112 Å². The molecule has 2 heterocycles. The van der Waals surface area contributed by atoms with E-state index in [0.29, 0.717) is 6.04 Å². The Morgan fingerprint density at radius 3 is 2.65 bits per heavy atom. The molecule has 2 saturated heterocycles. The Hall–Kier alpha value is 0.170. The molecule has 3 atom stereocenters. The number of carbonyl (C=O) groups is 1. The Kier molecular flexibility index (Phi) is 3.90. The van der Waals surface area contributed by atoms with Crippen LogP contribution in [0.15, 0.2) is 0 Å². The van der Waals surface area contributed by atoms with Crippen LogP contribution in [0.5, 0.6) is 0 Å². The summed E-state index contributed by atoms with van der Waals surface area (Å²) in [5.74, 6) is 4.60. The standard InChI is InChI=1S/C13H21NOS2/c15-12-6-5-9-10(3-1-4-11(9)14-12)13-16-7-2-8-17-13/h9-11,13H,1-8H2,(H,14,15)/t9-,10+,11-/m0/s1. The van der Waals surface area contributed by atoms with Gasteiger partial charge in [0.1, 0.15) is 0 Å². The molecular weight excluding hydrogens is 250 g/mol. The Morgan fingerprint density at radius 2 is 1.82 bits per heavy atom. The molecule has 0 radical (unpaired) electrons. The first-order valence-electron chi connectivity index (χ1n) is 6.87. The molecule has 1 aliphatic carbocycles. The lowest BCUT2D eigenvalue weighted by Crippen LogP contribution is -2.51. The molecule has 0 bridgehead atoms. The summed E-state index contributed by atoms with van der Waals surface area (Å²) >= 11 is 4.35. The van der Waals surface area contributed by atoms with Crippen LogP contribution in [0.2, 0.25) is 0 Å². The third-order valence-corrected chi connectivity index (χ3v) is 7.59. The summed E-state index contributed by atoms with van der Waals surface area (Å²) in [7, 11) is 0. The number of piperidine rings is 1. The van der Waals surface area contributed by atoms with E-state index < -0.39 is 0 Å². The van der Waals surface area contributed by atoms with Gasteiger partial charge in [-0.1, -0.05) is 6.42 Å². The van der Waals surface area contributed by atoms with Crippen molar-refractivity contribution in [1.29, 1.82) is 0 Å². The van der Waals surface area contributed by atoms with Gasteiger partial charge in [-0.05, 0) is 49.0 Å². The highest BCUT2D eigenvalue weighted by Gasteiger charge is 2.41. The van der Waals surface area contributed by atoms with Crippen LogP contribution in [0, 0.1) is 11.8 Å². The first-order chi connectivity index (χ1) is 8.34. The van der Waals surface area contributed by atoms with Crippen LogP contribution in [0.1, 0.15) is 38.5 Å². The fourth-order valence-corrected chi connectivity index (χ4v) is 6.96. The lowest BCUT2D eigenvalue weighted by Gasteiger charge is -2.45. The number of hydrogen-bond donors (Lipinski definition) is 1. The van der Waals surface area contributed by atoms with Gasteiger partial charge in [0.25, 0.3) is 0 Å². The molecule has 3 rings (SSSR count). The SMILES string of the molecule is O=C1CC[C@@H]2[C@H](CCC[C@H]2C2SCCCS2)N1. The summed E-state index contributed by atoms with van der Waals surface area (Å²) in [6.45, 7) is 0. The monoisotopic (exact) mass is 271 g/mol. The first kappa shape index (κ1) is 12.2. The molecule has 0 spiro atoms. The summed E-state index contributed by atoms with van der Waals surface area (Å²) in [6, 6.07) is 0.498.